The number of aliphatic hydroxyl groups excluding tert-OH is 1. The number of hydrogen-bond donors (Lipinski definition) is 1. The third-order valence-electron chi connectivity index (χ3n) is 3.45. The molecule has 1 N–H and O–H groups in total. The Morgan fingerprint density at radius 3 is 2.84 bits per heavy atom. The van der Waals surface area contributed by atoms with Gasteiger partial charge in [-0.25, -0.2) is 0 Å². The van der Waals surface area contributed by atoms with Crippen molar-refractivity contribution in [2.75, 3.05) is 0 Å². The molecule has 96 valence electrons. The molecule has 0 unspecified atom stereocenters. The minimum absolute atomic E-state index is 0.0300. The quantitative estimate of drug-likeness (QED) is 0.727. The van der Waals surface area contributed by atoms with Crippen molar-refractivity contribution in [3.63, 3.8) is 0 Å². The van der Waals surface area contributed by atoms with Gasteiger partial charge in [-0.2, -0.15) is 0 Å². The van der Waals surface area contributed by atoms with Crippen molar-refractivity contribution in [2.24, 2.45) is 0 Å². The topological polar surface area (TPSA) is 38.0 Å². The molecular weight excluding hydrogens is 236 g/mol. The van der Waals surface area contributed by atoms with Crippen molar-refractivity contribution in [2.45, 2.75) is 20.1 Å². The first-order valence-electron chi connectivity index (χ1n) is 6.35. The third kappa shape index (κ3) is 1.74. The molecule has 3 nitrogen and oxygen atoms in total. The zero-order chi connectivity index (χ0) is 13.4. The number of nitrogens with zero attached hydrogens (tertiary/aromatic N) is 2. The second-order valence-electron chi connectivity index (χ2n) is 4.67. The van der Waals surface area contributed by atoms with Crippen molar-refractivity contribution in [3.8, 4) is 0 Å². The van der Waals surface area contributed by atoms with Gasteiger partial charge in [-0.15, -0.1) is 6.58 Å². The molecule has 1 aromatic carbocycles. The summed E-state index contributed by atoms with van der Waals surface area (Å²) in [5.74, 6) is 0. The van der Waals surface area contributed by atoms with E-state index >= 15 is 0 Å². The molecule has 3 heteroatoms. The normalized spacial score (nSPS) is 11.3. The Hall–Kier alpha value is -2.13. The molecule has 0 aliphatic carbocycles. The van der Waals surface area contributed by atoms with Crippen LogP contribution in [-0.2, 0) is 13.2 Å². The van der Waals surface area contributed by atoms with E-state index in [1.165, 1.54) is 10.9 Å². The molecule has 0 aliphatic heterocycles. The van der Waals surface area contributed by atoms with Crippen molar-refractivity contribution >= 4 is 21.8 Å². The predicted molar refractivity (Wildman–Crippen MR) is 78.1 cm³/mol. The van der Waals surface area contributed by atoms with E-state index in [0.717, 1.165) is 23.1 Å². The highest BCUT2D eigenvalue weighted by Gasteiger charge is 2.13. The van der Waals surface area contributed by atoms with E-state index < -0.39 is 0 Å². The molecule has 0 aliphatic rings. The molecule has 3 aromatic rings. The van der Waals surface area contributed by atoms with Crippen LogP contribution < -0.4 is 0 Å². The van der Waals surface area contributed by atoms with Gasteiger partial charge in [0.2, 0.25) is 0 Å². The van der Waals surface area contributed by atoms with E-state index in [9.17, 15) is 5.11 Å². The van der Waals surface area contributed by atoms with Crippen LogP contribution in [0.25, 0.3) is 21.8 Å². The summed E-state index contributed by atoms with van der Waals surface area (Å²) in [7, 11) is 0. The van der Waals surface area contributed by atoms with Gasteiger partial charge in [0, 0.05) is 22.8 Å². The summed E-state index contributed by atoms with van der Waals surface area (Å²) < 4.78 is 2.22. The smallest absolute Gasteiger partial charge is 0.0853 e. The fraction of sp³-hybridized carbons (Fsp3) is 0.188. The van der Waals surface area contributed by atoms with E-state index in [0.29, 0.717) is 5.69 Å². The Morgan fingerprint density at radius 1 is 1.32 bits per heavy atom. The highest BCUT2D eigenvalue weighted by Crippen LogP contribution is 2.30. The number of para-hydroxylation sites is 1. The molecule has 2 heterocycles. The first-order chi connectivity index (χ1) is 9.26. The summed E-state index contributed by atoms with van der Waals surface area (Å²) in [6.07, 6.45) is 1.89. The number of allylic oxidation sites excluding steroid dienone is 1. The predicted octanol–water partition coefficient (Wildman–Crippen LogP) is 3.18. The summed E-state index contributed by atoms with van der Waals surface area (Å²) in [6.45, 7) is 6.54. The zero-order valence-corrected chi connectivity index (χ0v) is 10.9. The van der Waals surface area contributed by atoms with Crippen LogP contribution in [-0.4, -0.2) is 14.7 Å². The van der Waals surface area contributed by atoms with Crippen molar-refractivity contribution in [1.29, 1.82) is 0 Å². The van der Waals surface area contributed by atoms with Crippen LogP contribution in [0.1, 0.15) is 11.4 Å². The number of aliphatic hydroxyl groups is 1. The van der Waals surface area contributed by atoms with E-state index in [1.54, 1.807) is 0 Å². The Balaban J connectivity index is 2.51. The summed E-state index contributed by atoms with van der Waals surface area (Å²) >= 11 is 0. The zero-order valence-electron chi connectivity index (χ0n) is 10.9. The van der Waals surface area contributed by atoms with Gasteiger partial charge in [0.1, 0.15) is 0 Å². The average molecular weight is 252 g/mol. The van der Waals surface area contributed by atoms with Gasteiger partial charge in [0.25, 0.3) is 0 Å². The summed E-state index contributed by atoms with van der Waals surface area (Å²) in [5.41, 5.74) is 3.96. The van der Waals surface area contributed by atoms with Crippen molar-refractivity contribution < 1.29 is 5.11 Å². The molecule has 3 rings (SSSR count). The van der Waals surface area contributed by atoms with E-state index in [4.69, 9.17) is 0 Å². The number of hydrogen-bond acceptors (Lipinski definition) is 2. The van der Waals surface area contributed by atoms with Gasteiger partial charge >= 0.3 is 0 Å². The van der Waals surface area contributed by atoms with Gasteiger partial charge in [-0.3, -0.25) is 4.98 Å². The third-order valence-corrected chi connectivity index (χ3v) is 3.45. The van der Waals surface area contributed by atoms with Crippen LogP contribution >= 0.6 is 0 Å². The molecule has 0 atom stereocenters. The van der Waals surface area contributed by atoms with Gasteiger partial charge in [-0.1, -0.05) is 24.3 Å². The second kappa shape index (κ2) is 4.52. The van der Waals surface area contributed by atoms with E-state index in [2.05, 4.69) is 28.3 Å². The minimum atomic E-state index is -0.0300. The monoisotopic (exact) mass is 252 g/mol. The highest BCUT2D eigenvalue weighted by atomic mass is 16.3. The van der Waals surface area contributed by atoms with Gasteiger partial charge in [0.15, 0.2) is 0 Å². The molecule has 0 amide bonds. The lowest BCUT2D eigenvalue weighted by atomic mass is 10.1. The van der Waals surface area contributed by atoms with Crippen LogP contribution in [0, 0.1) is 6.92 Å². The van der Waals surface area contributed by atoms with Crippen LogP contribution in [0.4, 0.5) is 0 Å². The lowest BCUT2D eigenvalue weighted by molar-refractivity contribution is 0.277. The molecular formula is C16H16N2O. The molecule has 0 fully saturated rings. The fourth-order valence-electron chi connectivity index (χ4n) is 2.73. The molecule has 0 spiro atoms. The Kier molecular flexibility index (Phi) is 2.84. The maximum Gasteiger partial charge on any atom is 0.0853 e. The Bertz CT molecular complexity index is 771. The standard InChI is InChI=1S/C16H16N2O/c1-3-8-18-15-7-5-4-6-13(15)14-9-12(10-19)17-11(2)16(14)18/h3-7,9,19H,1,8,10H2,2H3. The number of rotatable bonds is 3. The van der Waals surface area contributed by atoms with Crippen LogP contribution in [0.5, 0.6) is 0 Å². The van der Waals surface area contributed by atoms with Crippen LogP contribution in [0.3, 0.4) is 0 Å². The van der Waals surface area contributed by atoms with Crippen molar-refractivity contribution in [3.05, 3.63) is 54.4 Å². The minimum Gasteiger partial charge on any atom is -0.390 e. The van der Waals surface area contributed by atoms with Crippen LogP contribution in [0.15, 0.2) is 43.0 Å². The fourth-order valence-corrected chi connectivity index (χ4v) is 2.73. The molecule has 19 heavy (non-hydrogen) atoms. The van der Waals surface area contributed by atoms with Crippen molar-refractivity contribution in [1.82, 2.24) is 9.55 Å². The first-order valence-corrected chi connectivity index (χ1v) is 6.35. The molecule has 0 radical (unpaired) electrons. The SMILES string of the molecule is C=CCn1c2ccccc2c2cc(CO)nc(C)c21. The van der Waals surface area contributed by atoms with Gasteiger partial charge < -0.3 is 9.67 Å². The lowest BCUT2D eigenvalue weighted by Gasteiger charge is -2.06. The number of aryl methyl sites for hydroxylation is 1. The molecule has 0 saturated heterocycles. The summed E-state index contributed by atoms with van der Waals surface area (Å²) in [5, 5.41) is 11.7. The number of aromatic nitrogens is 2. The van der Waals surface area contributed by atoms with E-state index in [1.807, 2.05) is 31.2 Å². The number of pyridine rings is 1. The molecule has 2 aromatic heterocycles. The average Bonchev–Trinajstić information content (AvgIpc) is 2.75. The molecule has 0 saturated carbocycles. The second-order valence-corrected chi connectivity index (χ2v) is 4.67. The maximum absolute atomic E-state index is 9.32. The number of fused-ring (bicyclic) bond motifs is 3. The summed E-state index contributed by atoms with van der Waals surface area (Å²) in [4.78, 5) is 4.45. The Labute approximate surface area is 111 Å². The summed E-state index contributed by atoms with van der Waals surface area (Å²) in [6, 6.07) is 10.3. The van der Waals surface area contributed by atoms with Crippen LogP contribution in [0.2, 0.25) is 0 Å². The van der Waals surface area contributed by atoms with Gasteiger partial charge in [0.05, 0.1) is 23.5 Å². The molecule has 0 bridgehead atoms. The first kappa shape index (κ1) is 11.9. The Morgan fingerprint density at radius 2 is 2.11 bits per heavy atom. The lowest BCUT2D eigenvalue weighted by Crippen LogP contribution is -1.99. The largest absolute Gasteiger partial charge is 0.390 e. The van der Waals surface area contributed by atoms with Gasteiger partial charge in [-0.05, 0) is 19.1 Å². The number of benzene rings is 1. The highest BCUT2D eigenvalue weighted by molar-refractivity contribution is 6.08. The van der Waals surface area contributed by atoms with E-state index in [-0.39, 0.29) is 6.61 Å². The maximum atomic E-state index is 9.32.